The van der Waals surface area contributed by atoms with E-state index in [1.165, 1.54) is 4.90 Å². The minimum Gasteiger partial charge on any atom is -0.480 e. The Bertz CT molecular complexity index is 400. The van der Waals surface area contributed by atoms with Gasteiger partial charge in [-0.2, -0.15) is 0 Å². The molecule has 2 atom stereocenters. The third-order valence-corrected chi connectivity index (χ3v) is 3.56. The van der Waals surface area contributed by atoms with Gasteiger partial charge in [0.1, 0.15) is 0 Å². The van der Waals surface area contributed by atoms with Crippen molar-refractivity contribution in [2.75, 3.05) is 26.2 Å². The van der Waals surface area contributed by atoms with E-state index in [-0.39, 0.29) is 11.9 Å². The molecule has 2 heterocycles. The van der Waals surface area contributed by atoms with E-state index in [2.05, 4.69) is 5.32 Å². The summed E-state index contributed by atoms with van der Waals surface area (Å²) >= 11 is 0. The van der Waals surface area contributed by atoms with E-state index in [0.29, 0.717) is 26.1 Å². The fourth-order valence-electron chi connectivity index (χ4n) is 2.47. The Hall–Kier alpha value is -1.83. The lowest BCUT2D eigenvalue weighted by Crippen LogP contribution is -2.57. The number of rotatable bonds is 3. The van der Waals surface area contributed by atoms with Gasteiger partial charge in [0, 0.05) is 32.1 Å². The lowest BCUT2D eigenvalue weighted by molar-refractivity contribution is -0.140. The van der Waals surface area contributed by atoms with Crippen LogP contribution in [0.1, 0.15) is 12.8 Å². The average Bonchev–Trinajstić information content (AvgIpc) is 2.76. The average molecular weight is 271 g/mol. The van der Waals surface area contributed by atoms with Crippen molar-refractivity contribution in [3.05, 3.63) is 0 Å². The van der Waals surface area contributed by atoms with Gasteiger partial charge < -0.3 is 25.3 Å². The summed E-state index contributed by atoms with van der Waals surface area (Å²) in [6, 6.07) is -1.78. The molecule has 3 amide bonds. The van der Waals surface area contributed by atoms with E-state index in [1.807, 2.05) is 0 Å². The first kappa shape index (κ1) is 13.6. The van der Waals surface area contributed by atoms with Crippen LogP contribution in [0.2, 0.25) is 0 Å². The van der Waals surface area contributed by atoms with E-state index in [0.717, 1.165) is 6.42 Å². The number of piperazine rings is 1. The topological polar surface area (TPSA) is 110 Å². The number of carbonyl (C=O) groups excluding carboxylic acids is 2. The minimum atomic E-state index is -1.30. The van der Waals surface area contributed by atoms with Crippen LogP contribution in [0.3, 0.4) is 0 Å². The molecule has 0 spiro atoms. The van der Waals surface area contributed by atoms with Crippen molar-refractivity contribution in [1.29, 1.82) is 0 Å². The van der Waals surface area contributed by atoms with Gasteiger partial charge in [-0.15, -0.1) is 0 Å². The van der Waals surface area contributed by atoms with E-state index >= 15 is 0 Å². The van der Waals surface area contributed by atoms with Crippen molar-refractivity contribution < 1.29 is 24.6 Å². The fourth-order valence-corrected chi connectivity index (χ4v) is 2.47. The molecule has 0 aromatic heterocycles. The van der Waals surface area contributed by atoms with Crippen molar-refractivity contribution in [3.63, 3.8) is 0 Å². The van der Waals surface area contributed by atoms with Crippen LogP contribution in [0.15, 0.2) is 0 Å². The number of carboxylic acids is 1. The number of fused-ring (bicyclic) bond motifs is 1. The summed E-state index contributed by atoms with van der Waals surface area (Å²) in [6.45, 7) is 0.623. The molecule has 0 saturated carbocycles. The second-order valence-electron chi connectivity index (χ2n) is 4.75. The van der Waals surface area contributed by atoms with Crippen LogP contribution in [0.25, 0.3) is 0 Å². The van der Waals surface area contributed by atoms with E-state index in [4.69, 9.17) is 10.2 Å². The molecule has 1 unspecified atom stereocenters. The molecular weight excluding hydrogens is 254 g/mol. The zero-order chi connectivity index (χ0) is 14.0. The number of aliphatic carboxylic acids is 1. The molecule has 0 aromatic rings. The Morgan fingerprint density at radius 1 is 1.42 bits per heavy atom. The Morgan fingerprint density at radius 2 is 2.16 bits per heavy atom. The van der Waals surface area contributed by atoms with Crippen molar-refractivity contribution in [2.45, 2.75) is 24.9 Å². The molecule has 19 heavy (non-hydrogen) atoms. The van der Waals surface area contributed by atoms with Crippen molar-refractivity contribution in [1.82, 2.24) is 15.1 Å². The molecule has 0 bridgehead atoms. The molecule has 0 radical (unpaired) electrons. The Labute approximate surface area is 110 Å². The number of amides is 3. The molecule has 106 valence electrons. The first-order chi connectivity index (χ1) is 9.02. The summed E-state index contributed by atoms with van der Waals surface area (Å²) in [7, 11) is 0. The molecule has 2 rings (SSSR count). The van der Waals surface area contributed by atoms with Gasteiger partial charge in [-0.05, 0) is 6.42 Å². The van der Waals surface area contributed by atoms with Crippen LogP contribution >= 0.6 is 0 Å². The number of hydrogen-bond acceptors (Lipinski definition) is 4. The lowest BCUT2D eigenvalue weighted by Gasteiger charge is -2.37. The van der Waals surface area contributed by atoms with E-state index in [9.17, 15) is 14.4 Å². The maximum atomic E-state index is 11.9. The number of carboxylic acid groups (broad SMARTS) is 1. The van der Waals surface area contributed by atoms with Gasteiger partial charge in [0.2, 0.25) is 5.91 Å². The summed E-state index contributed by atoms with van der Waals surface area (Å²) < 4.78 is 0. The maximum absolute atomic E-state index is 11.9. The normalized spacial score (nSPS) is 24.1. The number of nitrogens with zero attached hydrogens (tertiary/aromatic N) is 2. The molecule has 3 N–H and O–H groups in total. The lowest BCUT2D eigenvalue weighted by atomic mass is 10.1. The summed E-state index contributed by atoms with van der Waals surface area (Å²) in [5.41, 5.74) is 0. The Kier molecular flexibility index (Phi) is 3.89. The van der Waals surface area contributed by atoms with Gasteiger partial charge in [-0.3, -0.25) is 4.79 Å². The van der Waals surface area contributed by atoms with E-state index in [1.54, 1.807) is 4.90 Å². The highest BCUT2D eigenvalue weighted by Crippen LogP contribution is 2.22. The second kappa shape index (κ2) is 5.43. The van der Waals surface area contributed by atoms with Crippen LogP contribution in [0.5, 0.6) is 0 Å². The van der Waals surface area contributed by atoms with Gasteiger partial charge >= 0.3 is 12.0 Å². The fraction of sp³-hybridized carbons (Fsp3) is 0.727. The van der Waals surface area contributed by atoms with Gasteiger partial charge in [-0.25, -0.2) is 9.59 Å². The number of urea groups is 1. The third-order valence-electron chi connectivity index (χ3n) is 3.56. The second-order valence-corrected chi connectivity index (χ2v) is 4.75. The van der Waals surface area contributed by atoms with Crippen molar-refractivity contribution >= 4 is 17.9 Å². The largest absolute Gasteiger partial charge is 0.480 e. The molecule has 2 aliphatic rings. The third kappa shape index (κ3) is 2.78. The van der Waals surface area contributed by atoms with Crippen molar-refractivity contribution in [3.8, 4) is 0 Å². The number of hydrogen-bond donors (Lipinski definition) is 3. The highest BCUT2D eigenvalue weighted by molar-refractivity contribution is 5.83. The van der Waals surface area contributed by atoms with Gasteiger partial charge in [0.05, 0.1) is 6.61 Å². The van der Waals surface area contributed by atoms with Gasteiger partial charge in [0.25, 0.3) is 0 Å². The highest BCUT2D eigenvalue weighted by atomic mass is 16.4. The molecule has 0 aromatic carbocycles. The maximum Gasteiger partial charge on any atom is 0.328 e. The summed E-state index contributed by atoms with van der Waals surface area (Å²) in [4.78, 5) is 37.4. The molecule has 8 nitrogen and oxygen atoms in total. The zero-order valence-corrected chi connectivity index (χ0v) is 10.4. The van der Waals surface area contributed by atoms with Gasteiger partial charge in [-0.1, -0.05) is 0 Å². The zero-order valence-electron chi connectivity index (χ0n) is 10.4. The number of aliphatic hydroxyl groups is 1. The van der Waals surface area contributed by atoms with Crippen LogP contribution in [-0.4, -0.2) is 76.2 Å². The standard InChI is InChI=1S/C11H17N3O5/c15-6-8(10(17)18)12-11(19)13-3-4-14-7(5-13)1-2-9(14)16/h7-8,15H,1-6H2,(H,12,19)(H,17,18)/t7?,8-/m1/s1. The number of aliphatic hydroxyl groups excluding tert-OH is 1. The molecule has 0 aliphatic carbocycles. The van der Waals surface area contributed by atoms with Crippen LogP contribution in [0, 0.1) is 0 Å². The van der Waals surface area contributed by atoms with Crippen LogP contribution in [-0.2, 0) is 9.59 Å². The molecule has 8 heteroatoms. The monoisotopic (exact) mass is 271 g/mol. The molecule has 2 fully saturated rings. The SMILES string of the molecule is O=C(O)[C@@H](CO)NC(=O)N1CCN2C(=O)CCC2C1. The molecule has 2 saturated heterocycles. The number of nitrogens with one attached hydrogen (secondary N) is 1. The Balaban J connectivity index is 1.91. The van der Waals surface area contributed by atoms with Crippen LogP contribution in [0.4, 0.5) is 4.79 Å². The molecular formula is C11H17N3O5. The smallest absolute Gasteiger partial charge is 0.328 e. The summed E-state index contributed by atoms with van der Waals surface area (Å²) in [5, 5.41) is 19.9. The number of carbonyl (C=O) groups is 3. The van der Waals surface area contributed by atoms with Crippen LogP contribution < -0.4 is 5.32 Å². The highest BCUT2D eigenvalue weighted by Gasteiger charge is 2.37. The first-order valence-electron chi connectivity index (χ1n) is 6.21. The summed E-state index contributed by atoms with van der Waals surface area (Å²) in [6.07, 6.45) is 1.24. The Morgan fingerprint density at radius 3 is 2.79 bits per heavy atom. The summed E-state index contributed by atoms with van der Waals surface area (Å²) in [5.74, 6) is -1.16. The van der Waals surface area contributed by atoms with Crippen molar-refractivity contribution in [2.24, 2.45) is 0 Å². The quantitative estimate of drug-likeness (QED) is 0.575. The minimum absolute atomic E-state index is 0.0319. The predicted molar refractivity (Wildman–Crippen MR) is 63.3 cm³/mol. The molecule has 2 aliphatic heterocycles. The van der Waals surface area contributed by atoms with E-state index < -0.39 is 24.6 Å². The first-order valence-corrected chi connectivity index (χ1v) is 6.21. The predicted octanol–water partition coefficient (Wildman–Crippen LogP) is -1.55. The van der Waals surface area contributed by atoms with Gasteiger partial charge in [0.15, 0.2) is 6.04 Å².